The van der Waals surface area contributed by atoms with E-state index in [2.05, 4.69) is 36.1 Å². The second kappa shape index (κ2) is 10.6. The summed E-state index contributed by atoms with van der Waals surface area (Å²) in [6.45, 7) is 6.07. The molecule has 0 bridgehead atoms. The van der Waals surface area contributed by atoms with Gasteiger partial charge in [-0.25, -0.2) is 9.97 Å². The van der Waals surface area contributed by atoms with Crippen LogP contribution in [0.15, 0.2) is 48.5 Å². The monoisotopic (exact) mass is 492 g/mol. The molecule has 8 heteroatoms. The molecule has 2 aliphatic heterocycles. The molecule has 1 aromatic heterocycles. The molecule has 1 saturated heterocycles. The number of carbonyl (C=O) groups excluding carboxylic acids is 1. The van der Waals surface area contributed by atoms with Crippen LogP contribution in [-0.2, 0) is 28.9 Å². The number of nitrogens with zero attached hydrogens (tertiary/aromatic N) is 4. The second-order valence-electron chi connectivity index (χ2n) is 8.96. The molecule has 3 heterocycles. The summed E-state index contributed by atoms with van der Waals surface area (Å²) in [6.07, 6.45) is 1.38. The van der Waals surface area contributed by atoms with Gasteiger partial charge >= 0.3 is 0 Å². The third-order valence-corrected chi connectivity index (χ3v) is 6.62. The highest BCUT2D eigenvalue weighted by Gasteiger charge is 2.28. The van der Waals surface area contributed by atoms with E-state index in [1.165, 1.54) is 11.1 Å². The van der Waals surface area contributed by atoms with Gasteiger partial charge in [-0.1, -0.05) is 41.4 Å². The summed E-state index contributed by atoms with van der Waals surface area (Å²) in [7, 11) is 0. The number of ether oxygens (including phenoxy) is 2. The molecule has 7 nitrogen and oxygen atoms in total. The van der Waals surface area contributed by atoms with Crippen molar-refractivity contribution in [1.82, 2.24) is 14.9 Å². The Balaban J connectivity index is 1.36. The van der Waals surface area contributed by atoms with Crippen molar-refractivity contribution in [1.29, 1.82) is 0 Å². The Morgan fingerprint density at radius 3 is 2.66 bits per heavy atom. The van der Waals surface area contributed by atoms with Gasteiger partial charge in [0, 0.05) is 43.1 Å². The Morgan fingerprint density at radius 2 is 1.89 bits per heavy atom. The maximum absolute atomic E-state index is 13.0. The predicted octanol–water partition coefficient (Wildman–Crippen LogP) is 3.83. The smallest absolute Gasteiger partial charge is 0.260 e. The Kier molecular flexibility index (Phi) is 7.16. The van der Waals surface area contributed by atoms with Crippen LogP contribution in [0.3, 0.4) is 0 Å². The number of hydrogen-bond acceptors (Lipinski definition) is 6. The van der Waals surface area contributed by atoms with Crippen LogP contribution in [0.5, 0.6) is 5.75 Å². The van der Waals surface area contributed by atoms with Crippen LogP contribution in [0.2, 0.25) is 5.02 Å². The van der Waals surface area contributed by atoms with Crippen LogP contribution in [0, 0.1) is 6.92 Å². The minimum Gasteiger partial charge on any atom is -0.484 e. The molecule has 3 aromatic rings. The molecule has 2 aromatic carbocycles. The van der Waals surface area contributed by atoms with E-state index in [9.17, 15) is 4.79 Å². The lowest BCUT2D eigenvalue weighted by molar-refractivity contribution is -0.134. The van der Waals surface area contributed by atoms with E-state index in [1.807, 2.05) is 4.90 Å². The molecule has 0 N–H and O–H groups in total. The number of hydrogen-bond donors (Lipinski definition) is 0. The molecule has 0 unspecified atom stereocenters. The van der Waals surface area contributed by atoms with Crippen LogP contribution >= 0.6 is 11.6 Å². The number of aromatic nitrogens is 2. The highest BCUT2D eigenvalue weighted by Crippen LogP contribution is 2.28. The van der Waals surface area contributed by atoms with Crippen molar-refractivity contribution in [3.05, 3.63) is 81.8 Å². The summed E-state index contributed by atoms with van der Waals surface area (Å²) in [5.74, 6) is 2.32. The molecule has 35 heavy (non-hydrogen) atoms. The van der Waals surface area contributed by atoms with Gasteiger partial charge in [-0.05, 0) is 36.8 Å². The molecule has 0 spiro atoms. The number of benzene rings is 2. The number of amides is 1. The van der Waals surface area contributed by atoms with E-state index >= 15 is 0 Å². The van der Waals surface area contributed by atoms with Crippen molar-refractivity contribution in [2.24, 2.45) is 0 Å². The molecule has 5 rings (SSSR count). The van der Waals surface area contributed by atoms with Crippen molar-refractivity contribution < 1.29 is 14.3 Å². The number of carbonyl (C=O) groups is 1. The van der Waals surface area contributed by atoms with Crippen LogP contribution in [0.25, 0.3) is 0 Å². The largest absolute Gasteiger partial charge is 0.484 e. The molecule has 0 radical (unpaired) electrons. The predicted molar refractivity (Wildman–Crippen MR) is 135 cm³/mol. The van der Waals surface area contributed by atoms with E-state index in [-0.39, 0.29) is 12.5 Å². The van der Waals surface area contributed by atoms with Crippen LogP contribution in [0.4, 0.5) is 5.82 Å². The molecule has 182 valence electrons. The van der Waals surface area contributed by atoms with E-state index in [4.69, 9.17) is 31.0 Å². The summed E-state index contributed by atoms with van der Waals surface area (Å²) >= 11 is 5.93. The summed E-state index contributed by atoms with van der Waals surface area (Å²) in [5.41, 5.74) is 4.49. The van der Waals surface area contributed by atoms with E-state index in [0.29, 0.717) is 49.9 Å². The molecule has 1 amide bonds. The zero-order chi connectivity index (χ0) is 24.2. The lowest BCUT2D eigenvalue weighted by atomic mass is 10.0. The van der Waals surface area contributed by atoms with Gasteiger partial charge in [0.05, 0.1) is 25.5 Å². The average molecular weight is 493 g/mol. The van der Waals surface area contributed by atoms with Gasteiger partial charge in [0.2, 0.25) is 0 Å². The average Bonchev–Trinajstić information content (AvgIpc) is 2.88. The summed E-state index contributed by atoms with van der Waals surface area (Å²) in [6, 6.07) is 15.5. The first-order valence-electron chi connectivity index (χ1n) is 12.0. The topological polar surface area (TPSA) is 67.8 Å². The number of morpholine rings is 1. The molecule has 1 fully saturated rings. The number of anilines is 1. The van der Waals surface area contributed by atoms with Gasteiger partial charge in [-0.2, -0.15) is 0 Å². The van der Waals surface area contributed by atoms with Crippen molar-refractivity contribution in [2.75, 3.05) is 44.4 Å². The lowest BCUT2D eigenvalue weighted by Crippen LogP contribution is -2.42. The number of aryl methyl sites for hydroxylation is 1. The Bertz CT molecular complexity index is 1200. The number of halogens is 1. The Hall–Kier alpha value is -3.16. The molecular weight excluding hydrogens is 464 g/mol. The summed E-state index contributed by atoms with van der Waals surface area (Å²) in [4.78, 5) is 27.0. The van der Waals surface area contributed by atoms with E-state index in [0.717, 1.165) is 36.0 Å². The van der Waals surface area contributed by atoms with Crippen molar-refractivity contribution in [2.45, 2.75) is 26.3 Å². The van der Waals surface area contributed by atoms with Gasteiger partial charge in [0.15, 0.2) is 6.61 Å². The molecule has 0 aliphatic carbocycles. The van der Waals surface area contributed by atoms with Crippen molar-refractivity contribution in [3.63, 3.8) is 0 Å². The Labute approximate surface area is 210 Å². The van der Waals surface area contributed by atoms with Crippen LogP contribution < -0.4 is 9.64 Å². The summed E-state index contributed by atoms with van der Waals surface area (Å²) < 4.78 is 11.3. The molecule has 0 saturated carbocycles. The highest BCUT2D eigenvalue weighted by molar-refractivity contribution is 6.30. The van der Waals surface area contributed by atoms with Gasteiger partial charge in [0.1, 0.15) is 17.4 Å². The van der Waals surface area contributed by atoms with Crippen LogP contribution in [-0.4, -0.2) is 60.2 Å². The molecule has 0 atom stereocenters. The van der Waals surface area contributed by atoms with Gasteiger partial charge in [-0.15, -0.1) is 0 Å². The third kappa shape index (κ3) is 5.74. The zero-order valence-corrected chi connectivity index (χ0v) is 20.6. The fourth-order valence-electron chi connectivity index (χ4n) is 4.55. The van der Waals surface area contributed by atoms with Gasteiger partial charge in [-0.3, -0.25) is 4.79 Å². The molecule has 2 aliphatic rings. The van der Waals surface area contributed by atoms with Crippen molar-refractivity contribution in [3.8, 4) is 5.75 Å². The van der Waals surface area contributed by atoms with Gasteiger partial charge in [0.25, 0.3) is 5.91 Å². The number of rotatable bonds is 6. The minimum atomic E-state index is -0.0534. The SMILES string of the molecule is Cc1cccc(Cc2nc3c(c(N4CCOCC4)n2)CN(C(=O)COc2ccc(Cl)cc2)CC3)c1. The quantitative estimate of drug-likeness (QED) is 0.521. The fraction of sp³-hybridized carbons (Fsp3) is 0.370. The highest BCUT2D eigenvalue weighted by atomic mass is 35.5. The normalized spacial score (nSPS) is 15.6. The lowest BCUT2D eigenvalue weighted by Gasteiger charge is -2.34. The van der Waals surface area contributed by atoms with Gasteiger partial charge < -0.3 is 19.3 Å². The van der Waals surface area contributed by atoms with E-state index in [1.54, 1.807) is 24.3 Å². The first-order chi connectivity index (χ1) is 17.0. The number of fused-ring (bicyclic) bond motifs is 1. The Morgan fingerprint density at radius 1 is 1.09 bits per heavy atom. The first-order valence-corrected chi connectivity index (χ1v) is 12.4. The summed E-state index contributed by atoms with van der Waals surface area (Å²) in [5, 5.41) is 0.633. The third-order valence-electron chi connectivity index (χ3n) is 6.37. The molecular formula is C27H29ClN4O3. The first kappa shape index (κ1) is 23.6. The zero-order valence-electron chi connectivity index (χ0n) is 19.9. The van der Waals surface area contributed by atoms with Crippen molar-refractivity contribution >= 4 is 23.3 Å². The maximum Gasteiger partial charge on any atom is 0.260 e. The standard InChI is InChI=1S/C27H29ClN4O3/c1-19-3-2-4-20(15-19)16-25-29-24-9-10-32(26(33)18-35-22-7-5-21(28)6-8-22)17-23(24)27(30-25)31-11-13-34-14-12-31/h2-8,15H,9-14,16-18H2,1H3. The maximum atomic E-state index is 13.0. The van der Waals surface area contributed by atoms with E-state index < -0.39 is 0 Å². The van der Waals surface area contributed by atoms with Crippen LogP contribution in [0.1, 0.15) is 28.2 Å². The minimum absolute atomic E-state index is 0.0177. The second-order valence-corrected chi connectivity index (χ2v) is 9.40. The fourth-order valence-corrected chi connectivity index (χ4v) is 4.67.